The molecule has 3 aromatic rings. The van der Waals surface area contributed by atoms with E-state index in [1.165, 1.54) is 0 Å². The molecule has 0 bridgehead atoms. The molecule has 1 aromatic heterocycles. The molecule has 7 nitrogen and oxygen atoms in total. The van der Waals surface area contributed by atoms with Crippen LogP contribution in [0.25, 0.3) is 0 Å². The Morgan fingerprint density at radius 1 is 0.839 bits per heavy atom. The molecular formula is C23H20BrN3O4. The normalized spacial score (nSPS) is 12.8. The number of amides is 3. The van der Waals surface area contributed by atoms with Gasteiger partial charge < -0.3 is 20.4 Å². The SMILES string of the molecule is O=C(Cc1ccc(NC(=O)c2ccc(Br)o2)cc1)Nc1ccc(C(=O)NC2CC2)cc1. The minimum absolute atomic E-state index is 0.0905. The van der Waals surface area contributed by atoms with Gasteiger partial charge in [0.15, 0.2) is 10.4 Å². The van der Waals surface area contributed by atoms with Gasteiger partial charge in [0.1, 0.15) is 0 Å². The highest BCUT2D eigenvalue weighted by Gasteiger charge is 2.23. The van der Waals surface area contributed by atoms with E-state index >= 15 is 0 Å². The maximum Gasteiger partial charge on any atom is 0.291 e. The van der Waals surface area contributed by atoms with E-state index in [2.05, 4.69) is 31.9 Å². The molecule has 0 atom stereocenters. The van der Waals surface area contributed by atoms with Crippen molar-refractivity contribution in [3.05, 3.63) is 82.2 Å². The van der Waals surface area contributed by atoms with E-state index in [1.807, 2.05) is 0 Å². The van der Waals surface area contributed by atoms with Crippen LogP contribution in [0.4, 0.5) is 11.4 Å². The number of furan rings is 1. The van der Waals surface area contributed by atoms with Crippen LogP contribution >= 0.6 is 15.9 Å². The van der Waals surface area contributed by atoms with Crippen LogP contribution in [0, 0.1) is 0 Å². The Kier molecular flexibility index (Phi) is 6.18. The second kappa shape index (κ2) is 9.18. The van der Waals surface area contributed by atoms with Gasteiger partial charge in [-0.1, -0.05) is 12.1 Å². The Labute approximate surface area is 187 Å². The molecule has 0 unspecified atom stereocenters. The number of hydrogen-bond donors (Lipinski definition) is 3. The van der Waals surface area contributed by atoms with E-state index in [9.17, 15) is 14.4 Å². The third-order valence-electron chi connectivity index (χ3n) is 4.72. The van der Waals surface area contributed by atoms with Crippen molar-refractivity contribution < 1.29 is 18.8 Å². The van der Waals surface area contributed by atoms with Gasteiger partial charge in [-0.3, -0.25) is 14.4 Å². The molecule has 4 rings (SSSR count). The molecule has 1 fully saturated rings. The quantitative estimate of drug-likeness (QED) is 0.466. The van der Waals surface area contributed by atoms with Gasteiger partial charge in [0.25, 0.3) is 11.8 Å². The van der Waals surface area contributed by atoms with E-state index in [0.29, 0.717) is 27.6 Å². The van der Waals surface area contributed by atoms with Crippen molar-refractivity contribution in [2.24, 2.45) is 0 Å². The Morgan fingerprint density at radius 3 is 2.10 bits per heavy atom. The lowest BCUT2D eigenvalue weighted by molar-refractivity contribution is -0.115. The van der Waals surface area contributed by atoms with Crippen LogP contribution in [0.5, 0.6) is 0 Å². The first-order valence-electron chi connectivity index (χ1n) is 9.83. The largest absolute Gasteiger partial charge is 0.444 e. The fraction of sp³-hybridized carbons (Fsp3) is 0.174. The monoisotopic (exact) mass is 481 g/mol. The van der Waals surface area contributed by atoms with E-state index in [1.54, 1.807) is 60.7 Å². The molecule has 1 aliphatic carbocycles. The minimum atomic E-state index is -0.356. The van der Waals surface area contributed by atoms with Gasteiger partial charge in [-0.05, 0) is 82.9 Å². The van der Waals surface area contributed by atoms with E-state index in [0.717, 1.165) is 18.4 Å². The second-order valence-electron chi connectivity index (χ2n) is 7.30. The smallest absolute Gasteiger partial charge is 0.291 e. The van der Waals surface area contributed by atoms with Gasteiger partial charge in [-0.2, -0.15) is 0 Å². The summed E-state index contributed by atoms with van der Waals surface area (Å²) in [5, 5.41) is 8.49. The average molecular weight is 482 g/mol. The number of benzene rings is 2. The summed E-state index contributed by atoms with van der Waals surface area (Å²) < 4.78 is 5.70. The summed E-state index contributed by atoms with van der Waals surface area (Å²) in [5.41, 5.74) is 2.60. The standard InChI is InChI=1S/C23H20BrN3O4/c24-20-12-11-19(31-20)23(30)27-17-5-1-14(2-6-17)13-21(28)25-16-7-3-15(4-8-16)22(29)26-18-9-10-18/h1-8,11-12,18H,9-10,13H2,(H,25,28)(H,26,29)(H,27,30). The Bertz CT molecular complexity index is 1100. The van der Waals surface area contributed by atoms with Crippen molar-refractivity contribution in [3.8, 4) is 0 Å². The lowest BCUT2D eigenvalue weighted by Gasteiger charge is -2.08. The Balaban J connectivity index is 1.28. The van der Waals surface area contributed by atoms with Gasteiger partial charge in [-0.25, -0.2) is 0 Å². The molecule has 3 N–H and O–H groups in total. The van der Waals surface area contributed by atoms with Gasteiger partial charge in [0.2, 0.25) is 5.91 Å². The molecular weight excluding hydrogens is 462 g/mol. The summed E-state index contributed by atoms with van der Waals surface area (Å²) >= 11 is 3.16. The summed E-state index contributed by atoms with van der Waals surface area (Å²) in [6.07, 6.45) is 2.26. The van der Waals surface area contributed by atoms with Crippen LogP contribution in [0.1, 0.15) is 39.3 Å². The van der Waals surface area contributed by atoms with Crippen LogP contribution in [-0.2, 0) is 11.2 Å². The number of carbonyl (C=O) groups is 3. The Hall–Kier alpha value is -3.39. The number of hydrogen-bond acceptors (Lipinski definition) is 4. The fourth-order valence-electron chi connectivity index (χ4n) is 2.93. The second-order valence-corrected chi connectivity index (χ2v) is 8.09. The molecule has 3 amide bonds. The van der Waals surface area contributed by atoms with Gasteiger partial charge in [0, 0.05) is 23.0 Å². The minimum Gasteiger partial charge on any atom is -0.444 e. The lowest BCUT2D eigenvalue weighted by atomic mass is 10.1. The summed E-state index contributed by atoms with van der Waals surface area (Å²) in [6, 6.07) is 17.4. The molecule has 2 aromatic carbocycles. The first-order chi connectivity index (χ1) is 15.0. The highest BCUT2D eigenvalue weighted by atomic mass is 79.9. The van der Waals surface area contributed by atoms with E-state index in [-0.39, 0.29) is 29.9 Å². The summed E-state index contributed by atoms with van der Waals surface area (Å²) in [4.78, 5) is 36.4. The van der Waals surface area contributed by atoms with Gasteiger partial charge in [-0.15, -0.1) is 0 Å². The summed E-state index contributed by atoms with van der Waals surface area (Å²) in [6.45, 7) is 0. The summed E-state index contributed by atoms with van der Waals surface area (Å²) in [5.74, 6) is -0.420. The highest BCUT2D eigenvalue weighted by Crippen LogP contribution is 2.20. The Morgan fingerprint density at radius 2 is 1.48 bits per heavy atom. The van der Waals surface area contributed by atoms with Crippen LogP contribution in [0.3, 0.4) is 0 Å². The molecule has 0 aliphatic heterocycles. The first-order valence-corrected chi connectivity index (χ1v) is 10.6. The zero-order valence-corrected chi connectivity index (χ0v) is 18.1. The molecule has 0 saturated heterocycles. The molecule has 1 heterocycles. The molecule has 1 aliphatic rings. The highest BCUT2D eigenvalue weighted by molar-refractivity contribution is 9.10. The van der Waals surface area contributed by atoms with Crippen LogP contribution in [-0.4, -0.2) is 23.8 Å². The topological polar surface area (TPSA) is 100 Å². The predicted molar refractivity (Wildman–Crippen MR) is 120 cm³/mol. The maximum atomic E-state index is 12.3. The van der Waals surface area contributed by atoms with E-state index < -0.39 is 0 Å². The van der Waals surface area contributed by atoms with Gasteiger partial charge >= 0.3 is 0 Å². The number of halogens is 1. The molecule has 1 saturated carbocycles. The number of carbonyl (C=O) groups excluding carboxylic acids is 3. The molecule has 31 heavy (non-hydrogen) atoms. The van der Waals surface area contributed by atoms with Crippen LogP contribution in [0.15, 0.2) is 69.8 Å². The molecule has 8 heteroatoms. The third-order valence-corrected chi connectivity index (χ3v) is 5.14. The van der Waals surface area contributed by atoms with Crippen LogP contribution in [0.2, 0.25) is 0 Å². The molecule has 0 spiro atoms. The fourth-order valence-corrected chi connectivity index (χ4v) is 3.23. The molecule has 0 radical (unpaired) electrons. The number of rotatable bonds is 7. The maximum absolute atomic E-state index is 12.3. The average Bonchev–Trinajstić information content (AvgIpc) is 3.46. The number of nitrogens with one attached hydrogen (secondary N) is 3. The summed E-state index contributed by atoms with van der Waals surface area (Å²) in [7, 11) is 0. The van der Waals surface area contributed by atoms with Crippen molar-refractivity contribution in [3.63, 3.8) is 0 Å². The predicted octanol–water partition coefficient (Wildman–Crippen LogP) is 4.37. The number of anilines is 2. The van der Waals surface area contributed by atoms with Crippen molar-refractivity contribution in [1.82, 2.24) is 5.32 Å². The lowest BCUT2D eigenvalue weighted by Crippen LogP contribution is -2.25. The van der Waals surface area contributed by atoms with Crippen molar-refractivity contribution >= 4 is 45.0 Å². The molecule has 158 valence electrons. The zero-order valence-electron chi connectivity index (χ0n) is 16.5. The van der Waals surface area contributed by atoms with E-state index in [4.69, 9.17) is 4.42 Å². The third kappa shape index (κ3) is 5.82. The van der Waals surface area contributed by atoms with Gasteiger partial charge in [0.05, 0.1) is 6.42 Å². The van der Waals surface area contributed by atoms with Crippen LogP contribution < -0.4 is 16.0 Å². The van der Waals surface area contributed by atoms with Crippen molar-refractivity contribution in [1.29, 1.82) is 0 Å². The van der Waals surface area contributed by atoms with Crippen molar-refractivity contribution in [2.75, 3.05) is 10.6 Å². The zero-order chi connectivity index (χ0) is 21.8. The first kappa shape index (κ1) is 20.9. The van der Waals surface area contributed by atoms with Crippen molar-refractivity contribution in [2.45, 2.75) is 25.3 Å².